The number of rotatable bonds is 6. The van der Waals surface area contributed by atoms with Gasteiger partial charge in [0.2, 0.25) is 0 Å². The van der Waals surface area contributed by atoms with Crippen molar-refractivity contribution in [1.82, 2.24) is 0 Å². The van der Waals surface area contributed by atoms with Crippen molar-refractivity contribution in [2.75, 3.05) is 6.61 Å². The predicted octanol–water partition coefficient (Wildman–Crippen LogP) is 2.49. The molecular formula is C12H16O3. The molecule has 3 heteroatoms. The highest BCUT2D eigenvalue weighted by Gasteiger charge is 1.99. The maximum absolute atomic E-state index is 10.3. The maximum Gasteiger partial charge on any atom is 0.303 e. The average molecular weight is 208 g/mol. The van der Waals surface area contributed by atoms with Crippen LogP contribution in [0, 0.1) is 0 Å². The minimum atomic E-state index is -0.740. The van der Waals surface area contributed by atoms with Gasteiger partial charge in [0.25, 0.3) is 0 Å². The summed E-state index contributed by atoms with van der Waals surface area (Å²) in [5.41, 5.74) is 1.13. The Hall–Kier alpha value is -1.51. The molecule has 0 unspecified atom stereocenters. The van der Waals surface area contributed by atoms with Crippen molar-refractivity contribution in [3.8, 4) is 5.75 Å². The van der Waals surface area contributed by atoms with Crippen molar-refractivity contribution in [2.45, 2.75) is 26.2 Å². The molecule has 0 aliphatic carbocycles. The van der Waals surface area contributed by atoms with Crippen LogP contribution in [0.4, 0.5) is 0 Å². The normalized spacial score (nSPS) is 9.93. The summed E-state index contributed by atoms with van der Waals surface area (Å²) in [6.45, 7) is 2.59. The van der Waals surface area contributed by atoms with Crippen molar-refractivity contribution in [2.24, 2.45) is 0 Å². The van der Waals surface area contributed by atoms with Crippen molar-refractivity contribution in [1.29, 1.82) is 0 Å². The second-order valence-electron chi connectivity index (χ2n) is 3.33. The van der Waals surface area contributed by atoms with Gasteiger partial charge in [-0.1, -0.05) is 12.1 Å². The number of benzene rings is 1. The first-order valence-electron chi connectivity index (χ1n) is 5.16. The van der Waals surface area contributed by atoms with E-state index in [0.717, 1.165) is 17.7 Å². The molecule has 0 saturated carbocycles. The standard InChI is InChI=1S/C12H16O3/c1-2-15-11-7-3-5-10(9-11)6-4-8-12(13)14/h3,5,7,9H,2,4,6,8H2,1H3,(H,13,14). The first-order valence-corrected chi connectivity index (χ1v) is 5.16. The molecule has 0 bridgehead atoms. The lowest BCUT2D eigenvalue weighted by Gasteiger charge is -2.05. The van der Waals surface area contributed by atoms with Crippen molar-refractivity contribution < 1.29 is 14.6 Å². The molecule has 0 aliphatic rings. The fourth-order valence-corrected chi connectivity index (χ4v) is 1.40. The molecule has 0 heterocycles. The number of hydrogen-bond donors (Lipinski definition) is 1. The number of carboxylic acid groups (broad SMARTS) is 1. The van der Waals surface area contributed by atoms with E-state index in [9.17, 15) is 4.79 Å². The Labute approximate surface area is 89.7 Å². The number of aryl methyl sites for hydroxylation is 1. The number of hydrogen-bond acceptors (Lipinski definition) is 2. The Bertz CT molecular complexity index is 320. The van der Waals surface area contributed by atoms with E-state index in [2.05, 4.69) is 0 Å². The van der Waals surface area contributed by atoms with Crippen LogP contribution in [-0.2, 0) is 11.2 Å². The van der Waals surface area contributed by atoms with Gasteiger partial charge in [-0.2, -0.15) is 0 Å². The summed E-state index contributed by atoms with van der Waals surface area (Å²) in [5.74, 6) is 0.112. The van der Waals surface area contributed by atoms with Crippen molar-refractivity contribution >= 4 is 5.97 Å². The van der Waals surface area contributed by atoms with E-state index in [1.807, 2.05) is 31.2 Å². The summed E-state index contributed by atoms with van der Waals surface area (Å²) in [7, 11) is 0. The second-order valence-corrected chi connectivity index (χ2v) is 3.33. The van der Waals surface area contributed by atoms with Gasteiger partial charge in [-0.3, -0.25) is 4.79 Å². The Kier molecular flexibility index (Phi) is 4.68. The van der Waals surface area contributed by atoms with E-state index < -0.39 is 5.97 Å². The minimum absolute atomic E-state index is 0.221. The quantitative estimate of drug-likeness (QED) is 0.781. The minimum Gasteiger partial charge on any atom is -0.494 e. The summed E-state index contributed by atoms with van der Waals surface area (Å²) in [5, 5.41) is 8.51. The van der Waals surface area contributed by atoms with Crippen LogP contribution in [0.5, 0.6) is 5.75 Å². The van der Waals surface area contributed by atoms with Gasteiger partial charge < -0.3 is 9.84 Å². The smallest absolute Gasteiger partial charge is 0.303 e. The molecule has 1 rings (SSSR count). The fraction of sp³-hybridized carbons (Fsp3) is 0.417. The van der Waals surface area contributed by atoms with Crippen LogP contribution >= 0.6 is 0 Å². The molecule has 0 saturated heterocycles. The predicted molar refractivity (Wildman–Crippen MR) is 58.2 cm³/mol. The molecule has 3 nitrogen and oxygen atoms in total. The fourth-order valence-electron chi connectivity index (χ4n) is 1.40. The average Bonchev–Trinajstić information content (AvgIpc) is 2.18. The lowest BCUT2D eigenvalue weighted by molar-refractivity contribution is -0.137. The third-order valence-corrected chi connectivity index (χ3v) is 2.07. The van der Waals surface area contributed by atoms with Gasteiger partial charge >= 0.3 is 5.97 Å². The summed E-state index contributed by atoms with van der Waals surface area (Å²) >= 11 is 0. The van der Waals surface area contributed by atoms with E-state index in [4.69, 9.17) is 9.84 Å². The number of ether oxygens (including phenoxy) is 1. The summed E-state index contributed by atoms with van der Waals surface area (Å²) in [4.78, 5) is 10.3. The van der Waals surface area contributed by atoms with Gasteiger partial charge in [0.05, 0.1) is 6.61 Å². The van der Waals surface area contributed by atoms with Crippen LogP contribution in [0.15, 0.2) is 24.3 Å². The van der Waals surface area contributed by atoms with Crippen LogP contribution < -0.4 is 4.74 Å². The molecule has 0 spiro atoms. The summed E-state index contributed by atoms with van der Waals surface area (Å²) in [6, 6.07) is 7.79. The van der Waals surface area contributed by atoms with Crippen LogP contribution in [0.1, 0.15) is 25.3 Å². The summed E-state index contributed by atoms with van der Waals surface area (Å²) in [6.07, 6.45) is 1.68. The van der Waals surface area contributed by atoms with Crippen LogP contribution in [0.25, 0.3) is 0 Å². The Balaban J connectivity index is 2.46. The molecule has 15 heavy (non-hydrogen) atoms. The first kappa shape index (κ1) is 11.6. The van der Waals surface area contributed by atoms with E-state index in [1.54, 1.807) is 0 Å². The van der Waals surface area contributed by atoms with E-state index in [0.29, 0.717) is 13.0 Å². The van der Waals surface area contributed by atoms with Gasteiger partial charge in [-0.25, -0.2) is 0 Å². The molecule has 0 fully saturated rings. The van der Waals surface area contributed by atoms with Gasteiger partial charge in [0.1, 0.15) is 5.75 Å². The van der Waals surface area contributed by atoms with Gasteiger partial charge in [-0.15, -0.1) is 0 Å². The van der Waals surface area contributed by atoms with E-state index in [1.165, 1.54) is 0 Å². The highest BCUT2D eigenvalue weighted by atomic mass is 16.5. The maximum atomic E-state index is 10.3. The molecule has 0 amide bonds. The monoisotopic (exact) mass is 208 g/mol. The van der Waals surface area contributed by atoms with Gasteiger partial charge in [0.15, 0.2) is 0 Å². The van der Waals surface area contributed by atoms with Crippen LogP contribution in [0.2, 0.25) is 0 Å². The van der Waals surface area contributed by atoms with E-state index in [-0.39, 0.29) is 6.42 Å². The first-order chi connectivity index (χ1) is 7.22. The molecule has 1 aromatic carbocycles. The SMILES string of the molecule is CCOc1cccc(CCCC(=O)O)c1. The Morgan fingerprint density at radius 3 is 2.93 bits per heavy atom. The van der Waals surface area contributed by atoms with Crippen LogP contribution in [-0.4, -0.2) is 17.7 Å². The lowest BCUT2D eigenvalue weighted by atomic mass is 10.1. The van der Waals surface area contributed by atoms with Crippen molar-refractivity contribution in [3.05, 3.63) is 29.8 Å². The molecule has 0 atom stereocenters. The zero-order valence-corrected chi connectivity index (χ0v) is 8.90. The molecule has 82 valence electrons. The van der Waals surface area contributed by atoms with E-state index >= 15 is 0 Å². The van der Waals surface area contributed by atoms with Gasteiger partial charge in [0, 0.05) is 6.42 Å². The lowest BCUT2D eigenvalue weighted by Crippen LogP contribution is -1.96. The topological polar surface area (TPSA) is 46.5 Å². The van der Waals surface area contributed by atoms with Crippen LogP contribution in [0.3, 0.4) is 0 Å². The molecular weight excluding hydrogens is 192 g/mol. The van der Waals surface area contributed by atoms with Crippen molar-refractivity contribution in [3.63, 3.8) is 0 Å². The third-order valence-electron chi connectivity index (χ3n) is 2.07. The zero-order valence-electron chi connectivity index (χ0n) is 8.90. The largest absolute Gasteiger partial charge is 0.494 e. The van der Waals surface area contributed by atoms with Gasteiger partial charge in [-0.05, 0) is 37.5 Å². The molecule has 1 aromatic rings. The molecule has 0 aliphatic heterocycles. The Morgan fingerprint density at radius 1 is 1.47 bits per heavy atom. The highest BCUT2D eigenvalue weighted by Crippen LogP contribution is 2.14. The molecule has 1 N–H and O–H groups in total. The zero-order chi connectivity index (χ0) is 11.1. The third kappa shape index (κ3) is 4.49. The number of aliphatic carboxylic acids is 1. The number of carboxylic acids is 1. The molecule has 0 aromatic heterocycles. The Morgan fingerprint density at radius 2 is 2.27 bits per heavy atom. The number of carbonyl (C=O) groups is 1. The summed E-state index contributed by atoms with van der Waals surface area (Å²) < 4.78 is 5.36. The highest BCUT2D eigenvalue weighted by molar-refractivity contribution is 5.66. The molecule has 0 radical (unpaired) electrons. The second kappa shape index (κ2) is 6.06.